The number of aryl methyl sites for hydroxylation is 1. The van der Waals surface area contributed by atoms with Crippen LogP contribution in [0.3, 0.4) is 0 Å². The van der Waals surface area contributed by atoms with Crippen LogP contribution < -0.4 is 10.1 Å². The summed E-state index contributed by atoms with van der Waals surface area (Å²) in [5.74, 6) is 0.925. The minimum absolute atomic E-state index is 0.693. The van der Waals surface area contributed by atoms with E-state index in [1.807, 2.05) is 18.2 Å². The highest BCUT2D eigenvalue weighted by atomic mass is 16.5. The SMILES string of the molecule is Cc1cccc(NCc2cccc(OCCc3ccccc3)c2)c1. The summed E-state index contributed by atoms with van der Waals surface area (Å²) in [4.78, 5) is 0. The number of hydrogen-bond donors (Lipinski definition) is 1. The Bertz CT molecular complexity index is 768. The molecule has 0 heterocycles. The quantitative estimate of drug-likeness (QED) is 0.644. The summed E-state index contributed by atoms with van der Waals surface area (Å²) in [6.45, 7) is 3.59. The van der Waals surface area contributed by atoms with Gasteiger partial charge in [0.2, 0.25) is 0 Å². The molecular formula is C22H23NO. The zero-order valence-corrected chi connectivity index (χ0v) is 14.0. The lowest BCUT2D eigenvalue weighted by atomic mass is 10.1. The Balaban J connectivity index is 1.52. The van der Waals surface area contributed by atoms with Gasteiger partial charge in [-0.1, -0.05) is 54.6 Å². The van der Waals surface area contributed by atoms with Gasteiger partial charge in [-0.3, -0.25) is 0 Å². The second kappa shape index (κ2) is 8.21. The van der Waals surface area contributed by atoms with Crippen molar-refractivity contribution >= 4 is 5.69 Å². The maximum atomic E-state index is 5.89. The van der Waals surface area contributed by atoms with Crippen LogP contribution in [-0.2, 0) is 13.0 Å². The van der Waals surface area contributed by atoms with E-state index in [-0.39, 0.29) is 0 Å². The fraction of sp³-hybridized carbons (Fsp3) is 0.182. The summed E-state index contributed by atoms with van der Waals surface area (Å²) in [6.07, 6.45) is 0.923. The number of hydrogen-bond acceptors (Lipinski definition) is 2. The van der Waals surface area contributed by atoms with Gasteiger partial charge in [-0.15, -0.1) is 0 Å². The zero-order chi connectivity index (χ0) is 16.6. The van der Waals surface area contributed by atoms with Crippen molar-refractivity contribution < 1.29 is 4.74 Å². The average Bonchev–Trinajstić information content (AvgIpc) is 2.61. The van der Waals surface area contributed by atoms with Gasteiger partial charge >= 0.3 is 0 Å². The van der Waals surface area contributed by atoms with Gasteiger partial charge in [0.1, 0.15) is 5.75 Å². The van der Waals surface area contributed by atoms with E-state index < -0.39 is 0 Å². The lowest BCUT2D eigenvalue weighted by Gasteiger charge is -2.10. The van der Waals surface area contributed by atoms with Gasteiger partial charge in [-0.25, -0.2) is 0 Å². The van der Waals surface area contributed by atoms with E-state index in [1.165, 1.54) is 16.7 Å². The molecule has 24 heavy (non-hydrogen) atoms. The highest BCUT2D eigenvalue weighted by molar-refractivity contribution is 5.46. The van der Waals surface area contributed by atoms with Gasteiger partial charge in [0, 0.05) is 18.7 Å². The molecule has 3 aromatic carbocycles. The van der Waals surface area contributed by atoms with Crippen molar-refractivity contribution in [3.8, 4) is 5.75 Å². The molecule has 0 aromatic heterocycles. The molecule has 122 valence electrons. The predicted molar refractivity (Wildman–Crippen MR) is 101 cm³/mol. The Hall–Kier alpha value is -2.74. The minimum atomic E-state index is 0.693. The normalized spacial score (nSPS) is 10.4. The lowest BCUT2D eigenvalue weighted by Crippen LogP contribution is -2.03. The van der Waals surface area contributed by atoms with Crippen LogP contribution in [0.5, 0.6) is 5.75 Å². The smallest absolute Gasteiger partial charge is 0.119 e. The van der Waals surface area contributed by atoms with Crippen molar-refractivity contribution in [3.63, 3.8) is 0 Å². The van der Waals surface area contributed by atoms with Gasteiger partial charge < -0.3 is 10.1 Å². The first-order valence-corrected chi connectivity index (χ1v) is 8.36. The zero-order valence-electron chi connectivity index (χ0n) is 14.0. The molecule has 0 atom stereocenters. The fourth-order valence-corrected chi connectivity index (χ4v) is 2.64. The van der Waals surface area contributed by atoms with Gasteiger partial charge in [0.15, 0.2) is 0 Å². The highest BCUT2D eigenvalue weighted by Gasteiger charge is 1.99. The Morgan fingerprint density at radius 3 is 2.42 bits per heavy atom. The van der Waals surface area contributed by atoms with Crippen molar-refractivity contribution in [3.05, 3.63) is 95.6 Å². The molecule has 2 nitrogen and oxygen atoms in total. The Labute approximate surface area is 144 Å². The largest absolute Gasteiger partial charge is 0.493 e. The molecule has 0 saturated heterocycles. The molecule has 0 radical (unpaired) electrons. The van der Waals surface area contributed by atoms with Crippen molar-refractivity contribution in [1.82, 2.24) is 0 Å². The summed E-state index contributed by atoms with van der Waals surface area (Å²) >= 11 is 0. The van der Waals surface area contributed by atoms with Gasteiger partial charge in [0.05, 0.1) is 6.61 Å². The Morgan fingerprint density at radius 1 is 0.792 bits per heavy atom. The third-order valence-electron chi connectivity index (χ3n) is 3.92. The standard InChI is InChI=1S/C22H23NO/c1-18-7-5-11-21(15-18)23-17-20-10-6-12-22(16-20)24-14-13-19-8-3-2-4-9-19/h2-12,15-16,23H,13-14,17H2,1H3. The molecule has 0 fully saturated rings. The molecule has 3 aromatic rings. The molecule has 0 spiro atoms. The second-order valence-corrected chi connectivity index (χ2v) is 5.95. The van der Waals surface area contributed by atoms with Crippen LogP contribution in [0.4, 0.5) is 5.69 Å². The van der Waals surface area contributed by atoms with Crippen LogP contribution in [0.25, 0.3) is 0 Å². The van der Waals surface area contributed by atoms with Crippen LogP contribution in [0.1, 0.15) is 16.7 Å². The maximum absolute atomic E-state index is 5.89. The first kappa shape index (κ1) is 16.1. The summed E-state index contributed by atoms with van der Waals surface area (Å²) in [6, 6.07) is 27.1. The molecule has 2 heteroatoms. The molecule has 0 saturated carbocycles. The van der Waals surface area contributed by atoms with E-state index in [4.69, 9.17) is 4.74 Å². The Kier molecular flexibility index (Phi) is 5.52. The molecule has 0 aliphatic carbocycles. The minimum Gasteiger partial charge on any atom is -0.493 e. The third kappa shape index (κ3) is 4.88. The molecular weight excluding hydrogens is 294 g/mol. The molecule has 0 aliphatic heterocycles. The second-order valence-electron chi connectivity index (χ2n) is 5.95. The first-order chi connectivity index (χ1) is 11.8. The number of nitrogens with one attached hydrogen (secondary N) is 1. The summed E-state index contributed by atoms with van der Waals surface area (Å²) in [5, 5.41) is 3.46. The first-order valence-electron chi connectivity index (χ1n) is 8.36. The van der Waals surface area contributed by atoms with Crippen molar-refractivity contribution in [1.29, 1.82) is 0 Å². The Morgan fingerprint density at radius 2 is 1.58 bits per heavy atom. The van der Waals surface area contributed by atoms with Crippen LogP contribution >= 0.6 is 0 Å². The summed E-state index contributed by atoms with van der Waals surface area (Å²) < 4.78 is 5.89. The number of rotatable bonds is 7. The molecule has 0 bridgehead atoms. The molecule has 0 unspecified atom stereocenters. The molecule has 1 N–H and O–H groups in total. The molecule has 0 aliphatic rings. The summed E-state index contributed by atoms with van der Waals surface area (Å²) in [5.41, 5.74) is 4.92. The van der Waals surface area contributed by atoms with Crippen molar-refractivity contribution in [2.75, 3.05) is 11.9 Å². The number of ether oxygens (including phenoxy) is 1. The lowest BCUT2D eigenvalue weighted by molar-refractivity contribution is 0.321. The highest BCUT2D eigenvalue weighted by Crippen LogP contribution is 2.16. The summed E-state index contributed by atoms with van der Waals surface area (Å²) in [7, 11) is 0. The van der Waals surface area contributed by atoms with Crippen LogP contribution in [0.15, 0.2) is 78.9 Å². The predicted octanol–water partition coefficient (Wildman–Crippen LogP) is 5.23. The number of anilines is 1. The third-order valence-corrected chi connectivity index (χ3v) is 3.92. The van der Waals surface area contributed by atoms with Crippen LogP contribution in [0.2, 0.25) is 0 Å². The molecule has 0 amide bonds. The van der Waals surface area contributed by atoms with E-state index in [9.17, 15) is 0 Å². The monoisotopic (exact) mass is 317 g/mol. The van der Waals surface area contributed by atoms with Crippen LogP contribution in [0, 0.1) is 6.92 Å². The average molecular weight is 317 g/mol. The van der Waals surface area contributed by atoms with Gasteiger partial charge in [0.25, 0.3) is 0 Å². The van der Waals surface area contributed by atoms with Gasteiger partial charge in [-0.05, 0) is 47.9 Å². The fourth-order valence-electron chi connectivity index (χ4n) is 2.64. The van der Waals surface area contributed by atoms with Crippen molar-refractivity contribution in [2.24, 2.45) is 0 Å². The van der Waals surface area contributed by atoms with E-state index >= 15 is 0 Å². The van der Waals surface area contributed by atoms with Crippen LogP contribution in [-0.4, -0.2) is 6.61 Å². The topological polar surface area (TPSA) is 21.3 Å². The molecule has 3 rings (SSSR count). The van der Waals surface area contributed by atoms with E-state index in [0.29, 0.717) is 6.61 Å². The number of benzene rings is 3. The van der Waals surface area contributed by atoms with E-state index in [1.54, 1.807) is 0 Å². The van der Waals surface area contributed by atoms with Gasteiger partial charge in [-0.2, -0.15) is 0 Å². The van der Waals surface area contributed by atoms with E-state index in [2.05, 4.69) is 72.9 Å². The van der Waals surface area contributed by atoms with E-state index in [0.717, 1.165) is 24.4 Å². The van der Waals surface area contributed by atoms with Crippen molar-refractivity contribution in [2.45, 2.75) is 19.9 Å². The maximum Gasteiger partial charge on any atom is 0.119 e.